The van der Waals surface area contributed by atoms with Crippen molar-refractivity contribution >= 4 is 46.7 Å². The molecule has 7 nitrogen and oxygen atoms in total. The maximum absolute atomic E-state index is 11.7. The molecular weight excluding hydrogens is 496 g/mol. The third kappa shape index (κ3) is 6.77. The maximum atomic E-state index is 11.7. The van der Waals surface area contributed by atoms with Crippen molar-refractivity contribution in [3.05, 3.63) is 83.9 Å². The fourth-order valence-corrected chi connectivity index (χ4v) is 5.30. The number of methoxy groups -OCH3 is 1. The van der Waals surface area contributed by atoms with Gasteiger partial charge in [-0.1, -0.05) is 36.5 Å². The van der Waals surface area contributed by atoms with E-state index in [1.54, 1.807) is 34.9 Å². The van der Waals surface area contributed by atoms with Crippen molar-refractivity contribution in [1.29, 1.82) is 0 Å². The molecule has 1 unspecified atom stereocenters. The molecule has 1 aliphatic rings. The van der Waals surface area contributed by atoms with Crippen LogP contribution in [-0.2, 0) is 11.2 Å². The minimum Gasteiger partial charge on any atom is -0.478 e. The number of carbonyl (C=O) groups excluding carboxylic acids is 1. The van der Waals surface area contributed by atoms with Gasteiger partial charge in [0.25, 0.3) is 0 Å². The van der Waals surface area contributed by atoms with Gasteiger partial charge in [0.1, 0.15) is 11.5 Å². The Kier molecular flexibility index (Phi) is 8.45. The maximum Gasteiger partial charge on any atom is 0.409 e. The summed E-state index contributed by atoms with van der Waals surface area (Å²) in [6, 6.07) is 22.2. The lowest BCUT2D eigenvalue weighted by atomic mass is 10.1. The molecular formula is C27H26N2O5S2. The molecule has 36 heavy (non-hydrogen) atoms. The molecule has 0 radical (unpaired) electrons. The number of aromatic carboxylic acids is 1. The fraction of sp³-hybridized carbons (Fsp3) is 0.222. The number of hydrogen-bond acceptors (Lipinski definition) is 6. The summed E-state index contributed by atoms with van der Waals surface area (Å²) in [6.45, 7) is 1.41. The number of benzene rings is 3. The van der Waals surface area contributed by atoms with Crippen LogP contribution in [0.1, 0.15) is 22.3 Å². The van der Waals surface area contributed by atoms with Crippen LogP contribution in [0.15, 0.2) is 77.7 Å². The van der Waals surface area contributed by atoms with E-state index in [1.807, 2.05) is 48.5 Å². The Morgan fingerprint density at radius 2 is 1.72 bits per heavy atom. The number of nitrogens with one attached hydrogen (secondary N) is 1. The molecule has 186 valence electrons. The number of rotatable bonds is 8. The van der Waals surface area contributed by atoms with Gasteiger partial charge in [-0.2, -0.15) is 0 Å². The zero-order valence-corrected chi connectivity index (χ0v) is 21.3. The Balaban J connectivity index is 1.28. The van der Waals surface area contributed by atoms with Crippen LogP contribution in [-0.4, -0.2) is 52.5 Å². The Labute approximate surface area is 219 Å². The lowest BCUT2D eigenvalue weighted by Gasteiger charge is -2.14. The van der Waals surface area contributed by atoms with E-state index >= 15 is 0 Å². The number of carboxylic acid groups (broad SMARTS) is 1. The normalized spacial score (nSPS) is 14.8. The molecule has 1 atom stereocenters. The van der Waals surface area contributed by atoms with Gasteiger partial charge in [0.05, 0.1) is 23.3 Å². The molecule has 1 amide bonds. The number of likely N-dealkylation sites (tertiary alicyclic amines) is 1. The molecule has 4 rings (SSSR count). The van der Waals surface area contributed by atoms with Crippen molar-refractivity contribution in [2.75, 3.05) is 25.5 Å². The monoisotopic (exact) mass is 522 g/mol. The topological polar surface area (TPSA) is 88.1 Å². The average Bonchev–Trinajstić information content (AvgIpc) is 3.34. The Morgan fingerprint density at radius 1 is 1.06 bits per heavy atom. The molecule has 2 N–H and O–H groups in total. The Morgan fingerprint density at radius 3 is 2.39 bits per heavy atom. The van der Waals surface area contributed by atoms with Crippen molar-refractivity contribution in [3.8, 4) is 11.5 Å². The number of ether oxygens (including phenoxy) is 2. The van der Waals surface area contributed by atoms with Crippen molar-refractivity contribution in [2.45, 2.75) is 23.0 Å². The highest BCUT2D eigenvalue weighted by Crippen LogP contribution is 2.32. The summed E-state index contributed by atoms with van der Waals surface area (Å²) in [7, 11) is 1.41. The summed E-state index contributed by atoms with van der Waals surface area (Å²) in [4.78, 5) is 26.4. The summed E-state index contributed by atoms with van der Waals surface area (Å²) in [5.74, 6) is 0.439. The van der Waals surface area contributed by atoms with Crippen LogP contribution in [0.4, 0.5) is 10.5 Å². The first-order valence-corrected chi connectivity index (χ1v) is 12.7. The fourth-order valence-electron chi connectivity index (χ4n) is 3.87. The molecule has 3 aromatic rings. The van der Waals surface area contributed by atoms with E-state index in [2.05, 4.69) is 5.32 Å². The summed E-state index contributed by atoms with van der Waals surface area (Å²) >= 11 is 7.18. The van der Waals surface area contributed by atoms with Gasteiger partial charge in [0.15, 0.2) is 0 Å². The predicted octanol–water partition coefficient (Wildman–Crippen LogP) is 6.09. The van der Waals surface area contributed by atoms with E-state index in [-0.39, 0.29) is 11.7 Å². The lowest BCUT2D eigenvalue weighted by molar-refractivity contribution is 0.0698. The van der Waals surface area contributed by atoms with Crippen LogP contribution < -0.4 is 10.1 Å². The van der Waals surface area contributed by atoms with Gasteiger partial charge in [0, 0.05) is 29.7 Å². The van der Waals surface area contributed by atoms with Crippen LogP contribution in [0.5, 0.6) is 11.5 Å². The number of amides is 1. The second kappa shape index (κ2) is 11.9. The SMILES string of the molecule is COC(=O)N1CCC(Sc2ccc(Oc3ccc(CC(=S)Nc4ccccc4C(=O)O)cc3)cc2)C1. The number of anilines is 1. The first-order chi connectivity index (χ1) is 17.4. The largest absolute Gasteiger partial charge is 0.478 e. The van der Waals surface area contributed by atoms with Crippen LogP contribution in [0.2, 0.25) is 0 Å². The second-order valence-corrected chi connectivity index (χ2v) is 10.1. The van der Waals surface area contributed by atoms with Crippen LogP contribution in [0.3, 0.4) is 0 Å². The third-order valence-electron chi connectivity index (χ3n) is 5.66. The zero-order chi connectivity index (χ0) is 25.5. The van der Waals surface area contributed by atoms with Crippen molar-refractivity contribution < 1.29 is 24.2 Å². The number of hydrogen-bond donors (Lipinski definition) is 2. The quantitative estimate of drug-likeness (QED) is 0.344. The third-order valence-corrected chi connectivity index (χ3v) is 7.17. The van der Waals surface area contributed by atoms with Gasteiger partial charge in [0.2, 0.25) is 0 Å². The molecule has 9 heteroatoms. The van der Waals surface area contributed by atoms with Gasteiger partial charge in [-0.05, 0) is 60.5 Å². The van der Waals surface area contributed by atoms with Gasteiger partial charge in [-0.25, -0.2) is 9.59 Å². The lowest BCUT2D eigenvalue weighted by Crippen LogP contribution is -2.28. The van der Waals surface area contributed by atoms with Crippen molar-refractivity contribution in [1.82, 2.24) is 4.90 Å². The van der Waals surface area contributed by atoms with E-state index in [0.29, 0.717) is 34.6 Å². The van der Waals surface area contributed by atoms with Gasteiger partial charge >= 0.3 is 12.1 Å². The number of thiocarbonyl (C=S) groups is 1. The van der Waals surface area contributed by atoms with Gasteiger partial charge in [-0.3, -0.25) is 0 Å². The van der Waals surface area contributed by atoms with E-state index in [1.165, 1.54) is 13.2 Å². The number of carbonyl (C=O) groups is 2. The number of thioether (sulfide) groups is 1. The zero-order valence-electron chi connectivity index (χ0n) is 19.7. The summed E-state index contributed by atoms with van der Waals surface area (Å²) < 4.78 is 10.8. The highest BCUT2D eigenvalue weighted by Gasteiger charge is 2.27. The summed E-state index contributed by atoms with van der Waals surface area (Å²) in [5.41, 5.74) is 1.64. The second-order valence-electron chi connectivity index (χ2n) is 8.24. The Hall–Kier alpha value is -3.56. The predicted molar refractivity (Wildman–Crippen MR) is 145 cm³/mol. The smallest absolute Gasteiger partial charge is 0.409 e. The first-order valence-electron chi connectivity index (χ1n) is 11.4. The highest BCUT2D eigenvalue weighted by atomic mass is 32.2. The average molecular weight is 523 g/mol. The highest BCUT2D eigenvalue weighted by molar-refractivity contribution is 8.00. The number of carboxylic acids is 1. The molecule has 0 bridgehead atoms. The molecule has 1 saturated heterocycles. The number of nitrogens with zero attached hydrogens (tertiary/aromatic N) is 1. The molecule has 1 heterocycles. The van der Waals surface area contributed by atoms with E-state index in [0.717, 1.165) is 29.2 Å². The standard InChI is InChI=1S/C27H26N2O5S2/c1-33-27(32)29-15-14-22(17-29)36-21-12-10-20(11-13-21)34-19-8-6-18(7-9-19)16-25(35)28-24-5-3-2-4-23(24)26(30)31/h2-13,22H,14-17H2,1H3,(H,28,35)(H,30,31). The van der Waals surface area contributed by atoms with E-state index < -0.39 is 5.97 Å². The Bertz CT molecular complexity index is 1230. The molecule has 0 aliphatic carbocycles. The van der Waals surface area contributed by atoms with Crippen LogP contribution >= 0.6 is 24.0 Å². The first kappa shape index (κ1) is 25.5. The molecule has 3 aromatic carbocycles. The summed E-state index contributed by atoms with van der Waals surface area (Å²) in [5, 5.41) is 12.7. The molecule has 1 aliphatic heterocycles. The van der Waals surface area contributed by atoms with E-state index in [4.69, 9.17) is 21.7 Å². The number of para-hydroxylation sites is 1. The molecule has 0 spiro atoms. The van der Waals surface area contributed by atoms with Crippen molar-refractivity contribution in [2.24, 2.45) is 0 Å². The van der Waals surface area contributed by atoms with Gasteiger partial charge < -0.3 is 24.8 Å². The van der Waals surface area contributed by atoms with Gasteiger partial charge in [-0.15, -0.1) is 11.8 Å². The molecule has 1 fully saturated rings. The minimum atomic E-state index is -1.00. The molecule has 0 saturated carbocycles. The van der Waals surface area contributed by atoms with Crippen LogP contribution in [0, 0.1) is 0 Å². The minimum absolute atomic E-state index is 0.180. The van der Waals surface area contributed by atoms with Crippen LogP contribution in [0.25, 0.3) is 0 Å². The van der Waals surface area contributed by atoms with Crippen molar-refractivity contribution in [3.63, 3.8) is 0 Å². The molecule has 0 aromatic heterocycles. The summed E-state index contributed by atoms with van der Waals surface area (Å²) in [6.07, 6.45) is 1.15. The van der Waals surface area contributed by atoms with E-state index in [9.17, 15) is 14.7 Å².